The third-order valence-electron chi connectivity index (χ3n) is 3.76. The third-order valence-corrected chi connectivity index (χ3v) is 4.81. The van der Waals surface area contributed by atoms with Crippen molar-refractivity contribution in [2.75, 3.05) is 12.4 Å². The lowest BCUT2D eigenvalue weighted by Gasteiger charge is -2.10. The minimum atomic E-state index is -0.677. The third kappa shape index (κ3) is 3.62. The van der Waals surface area contributed by atoms with Gasteiger partial charge >= 0.3 is 5.97 Å². The SMILES string of the molecule is COC(=O)c1cc(F)c(C)c(NC(=O)c2cnc(-c3ccccc3)s2)c1. The van der Waals surface area contributed by atoms with Crippen LogP contribution in [-0.4, -0.2) is 24.0 Å². The molecule has 0 spiro atoms. The van der Waals surface area contributed by atoms with Crippen molar-refractivity contribution in [2.45, 2.75) is 6.92 Å². The lowest BCUT2D eigenvalue weighted by Crippen LogP contribution is -2.13. The topological polar surface area (TPSA) is 68.3 Å². The van der Waals surface area contributed by atoms with Crippen LogP contribution in [0.15, 0.2) is 48.7 Å². The van der Waals surface area contributed by atoms with Crippen molar-refractivity contribution in [3.05, 3.63) is 70.5 Å². The Balaban J connectivity index is 1.86. The van der Waals surface area contributed by atoms with Crippen molar-refractivity contribution in [3.8, 4) is 10.6 Å². The molecular formula is C19H15FN2O3S. The highest BCUT2D eigenvalue weighted by Crippen LogP contribution is 2.27. The monoisotopic (exact) mass is 370 g/mol. The highest BCUT2D eigenvalue weighted by Gasteiger charge is 2.17. The number of amides is 1. The van der Waals surface area contributed by atoms with Crippen LogP contribution in [0.25, 0.3) is 10.6 Å². The zero-order valence-corrected chi connectivity index (χ0v) is 14.9. The summed E-state index contributed by atoms with van der Waals surface area (Å²) in [6.45, 7) is 1.52. The number of nitrogens with zero attached hydrogens (tertiary/aromatic N) is 1. The molecule has 132 valence electrons. The zero-order valence-electron chi connectivity index (χ0n) is 14.1. The maximum atomic E-state index is 14.0. The molecule has 2 aromatic carbocycles. The first-order valence-electron chi connectivity index (χ1n) is 7.70. The molecule has 1 heterocycles. The number of hydrogen-bond donors (Lipinski definition) is 1. The fraction of sp³-hybridized carbons (Fsp3) is 0.105. The molecule has 5 nitrogen and oxygen atoms in total. The van der Waals surface area contributed by atoms with Gasteiger partial charge in [0.15, 0.2) is 0 Å². The van der Waals surface area contributed by atoms with Gasteiger partial charge in [0.1, 0.15) is 15.7 Å². The van der Waals surface area contributed by atoms with Crippen molar-refractivity contribution < 1.29 is 18.7 Å². The second-order valence-electron chi connectivity index (χ2n) is 5.47. The van der Waals surface area contributed by atoms with Crippen LogP contribution in [0.1, 0.15) is 25.6 Å². The highest BCUT2D eigenvalue weighted by molar-refractivity contribution is 7.17. The van der Waals surface area contributed by atoms with Crippen LogP contribution in [0.5, 0.6) is 0 Å². The van der Waals surface area contributed by atoms with Crippen molar-refractivity contribution in [2.24, 2.45) is 0 Å². The number of rotatable bonds is 4. The molecule has 1 amide bonds. The minimum absolute atomic E-state index is 0.0279. The number of carbonyl (C=O) groups is 2. The molecular weight excluding hydrogens is 355 g/mol. The first-order chi connectivity index (χ1) is 12.5. The van der Waals surface area contributed by atoms with Gasteiger partial charge in [0.25, 0.3) is 5.91 Å². The predicted molar refractivity (Wildman–Crippen MR) is 98.0 cm³/mol. The smallest absolute Gasteiger partial charge is 0.338 e. The van der Waals surface area contributed by atoms with Gasteiger partial charge in [0.05, 0.1) is 18.9 Å². The molecule has 0 aliphatic carbocycles. The molecule has 0 unspecified atom stereocenters. The average molecular weight is 370 g/mol. The van der Waals surface area contributed by atoms with Crippen molar-refractivity contribution in [1.29, 1.82) is 0 Å². The summed E-state index contributed by atoms with van der Waals surface area (Å²) in [4.78, 5) is 28.8. The van der Waals surface area contributed by atoms with Crippen LogP contribution in [0.3, 0.4) is 0 Å². The first-order valence-corrected chi connectivity index (χ1v) is 8.52. The standard InChI is InChI=1S/C19H15FN2O3S/c1-11-14(20)8-13(19(24)25-2)9-15(11)22-17(23)16-10-21-18(26-16)12-6-4-3-5-7-12/h3-10H,1-2H3,(H,22,23). The number of carbonyl (C=O) groups excluding carboxylic acids is 2. The van der Waals surface area contributed by atoms with E-state index in [2.05, 4.69) is 15.0 Å². The molecule has 26 heavy (non-hydrogen) atoms. The first kappa shape index (κ1) is 17.8. The number of nitrogens with one attached hydrogen (secondary N) is 1. The van der Waals surface area contributed by atoms with Gasteiger partial charge < -0.3 is 10.1 Å². The summed E-state index contributed by atoms with van der Waals surface area (Å²) in [7, 11) is 1.21. The number of thiazole rings is 1. The molecule has 0 saturated heterocycles. The maximum Gasteiger partial charge on any atom is 0.338 e. The summed E-state index contributed by atoms with van der Waals surface area (Å²) < 4.78 is 18.6. The predicted octanol–water partition coefficient (Wildman–Crippen LogP) is 4.30. The van der Waals surface area contributed by atoms with Gasteiger partial charge in [-0.1, -0.05) is 30.3 Å². The van der Waals surface area contributed by atoms with E-state index in [-0.39, 0.29) is 16.8 Å². The molecule has 0 fully saturated rings. The second-order valence-corrected chi connectivity index (χ2v) is 6.50. The van der Waals surface area contributed by atoms with Crippen LogP contribution in [0.2, 0.25) is 0 Å². The van der Waals surface area contributed by atoms with Crippen LogP contribution >= 0.6 is 11.3 Å². The molecule has 0 bridgehead atoms. The summed E-state index contributed by atoms with van der Waals surface area (Å²) in [5.74, 6) is -1.70. The Kier molecular flexibility index (Phi) is 5.09. The Labute approximate surface area is 153 Å². The van der Waals surface area contributed by atoms with E-state index < -0.39 is 17.7 Å². The zero-order chi connectivity index (χ0) is 18.7. The van der Waals surface area contributed by atoms with Gasteiger partial charge in [-0.15, -0.1) is 11.3 Å². The second kappa shape index (κ2) is 7.45. The van der Waals surface area contributed by atoms with Gasteiger partial charge in [-0.25, -0.2) is 14.2 Å². The van der Waals surface area contributed by atoms with Crippen molar-refractivity contribution in [3.63, 3.8) is 0 Å². The number of ether oxygens (including phenoxy) is 1. The molecule has 0 atom stereocenters. The highest BCUT2D eigenvalue weighted by atomic mass is 32.1. The van der Waals surface area contributed by atoms with E-state index >= 15 is 0 Å². The molecule has 0 aliphatic heterocycles. The number of esters is 1. The summed E-state index contributed by atoms with van der Waals surface area (Å²) >= 11 is 1.23. The molecule has 1 N–H and O–H groups in total. The van der Waals surface area contributed by atoms with Crippen LogP contribution in [0.4, 0.5) is 10.1 Å². The number of halogens is 1. The number of aromatic nitrogens is 1. The van der Waals surface area contributed by atoms with E-state index in [0.29, 0.717) is 9.88 Å². The summed E-state index contributed by atoms with van der Waals surface area (Å²) in [6, 6.07) is 12.0. The Morgan fingerprint density at radius 2 is 1.92 bits per heavy atom. The summed E-state index contributed by atoms with van der Waals surface area (Å²) in [5, 5.41) is 3.35. The summed E-state index contributed by atoms with van der Waals surface area (Å²) in [6.07, 6.45) is 1.47. The number of hydrogen-bond acceptors (Lipinski definition) is 5. The van der Waals surface area contributed by atoms with Gasteiger partial charge in [-0.2, -0.15) is 0 Å². The Morgan fingerprint density at radius 3 is 2.62 bits per heavy atom. The van der Waals surface area contributed by atoms with E-state index in [9.17, 15) is 14.0 Å². The van der Waals surface area contributed by atoms with Crippen LogP contribution in [-0.2, 0) is 4.74 Å². The van der Waals surface area contributed by atoms with E-state index in [4.69, 9.17) is 0 Å². The molecule has 7 heteroatoms. The largest absolute Gasteiger partial charge is 0.465 e. The fourth-order valence-electron chi connectivity index (χ4n) is 2.32. The van der Waals surface area contributed by atoms with E-state index in [1.165, 1.54) is 37.6 Å². The lowest BCUT2D eigenvalue weighted by molar-refractivity contribution is 0.0600. The van der Waals surface area contributed by atoms with Crippen molar-refractivity contribution in [1.82, 2.24) is 4.98 Å². The fourth-order valence-corrected chi connectivity index (χ4v) is 3.14. The van der Waals surface area contributed by atoms with Gasteiger partial charge in [-0.05, 0) is 19.1 Å². The molecule has 0 saturated carbocycles. The van der Waals surface area contributed by atoms with Crippen LogP contribution in [0, 0.1) is 12.7 Å². The number of methoxy groups -OCH3 is 1. The Hall–Kier alpha value is -3.06. The van der Waals surface area contributed by atoms with Gasteiger partial charge in [0, 0.05) is 16.8 Å². The Morgan fingerprint density at radius 1 is 1.19 bits per heavy atom. The Bertz CT molecular complexity index is 970. The van der Waals surface area contributed by atoms with E-state index in [0.717, 1.165) is 11.6 Å². The summed E-state index contributed by atoms with van der Waals surface area (Å²) in [5.41, 5.74) is 1.38. The molecule has 1 aromatic heterocycles. The average Bonchev–Trinajstić information content (AvgIpc) is 3.15. The maximum absolute atomic E-state index is 14.0. The number of anilines is 1. The van der Waals surface area contributed by atoms with Crippen molar-refractivity contribution >= 4 is 28.9 Å². The van der Waals surface area contributed by atoms with E-state index in [1.807, 2.05) is 30.3 Å². The van der Waals surface area contributed by atoms with Gasteiger partial charge in [-0.3, -0.25) is 4.79 Å². The van der Waals surface area contributed by atoms with Crippen LogP contribution < -0.4 is 5.32 Å². The van der Waals surface area contributed by atoms with Gasteiger partial charge in [0.2, 0.25) is 0 Å². The molecule has 3 rings (SSSR count). The minimum Gasteiger partial charge on any atom is -0.465 e. The molecule has 0 aliphatic rings. The van der Waals surface area contributed by atoms with E-state index in [1.54, 1.807) is 0 Å². The molecule has 3 aromatic rings. The quantitative estimate of drug-likeness (QED) is 0.696. The lowest BCUT2D eigenvalue weighted by atomic mass is 10.1. The molecule has 0 radical (unpaired) electrons. The normalized spacial score (nSPS) is 10.4. The number of benzene rings is 2.